The number of aryl methyl sites for hydroxylation is 1. The van der Waals surface area contributed by atoms with Crippen molar-refractivity contribution < 1.29 is 18.8 Å². The summed E-state index contributed by atoms with van der Waals surface area (Å²) in [6.07, 6.45) is 5.34. The quantitative estimate of drug-likeness (QED) is 0.777. The molecular formula is C17H26N2O4. The van der Waals surface area contributed by atoms with Crippen LogP contribution in [0.25, 0.3) is 0 Å². The fourth-order valence-corrected chi connectivity index (χ4v) is 2.94. The van der Waals surface area contributed by atoms with Crippen molar-refractivity contribution in [3.63, 3.8) is 0 Å². The third-order valence-electron chi connectivity index (χ3n) is 4.23. The Labute approximate surface area is 136 Å². The molecule has 1 saturated carbocycles. The number of nitrogens with zero attached hydrogens (tertiary/aromatic N) is 1. The zero-order valence-electron chi connectivity index (χ0n) is 14.1. The molecular weight excluding hydrogens is 296 g/mol. The van der Waals surface area contributed by atoms with Crippen molar-refractivity contribution in [2.45, 2.75) is 65.4 Å². The van der Waals surface area contributed by atoms with E-state index in [1.165, 1.54) is 25.7 Å². The summed E-state index contributed by atoms with van der Waals surface area (Å²) in [6, 6.07) is 1.62. The average molecular weight is 322 g/mol. The Kier molecular flexibility index (Phi) is 6.19. The lowest BCUT2D eigenvalue weighted by molar-refractivity contribution is -0.157. The van der Waals surface area contributed by atoms with Gasteiger partial charge in [0.05, 0.1) is 0 Å². The summed E-state index contributed by atoms with van der Waals surface area (Å²) in [4.78, 5) is 24.3. The van der Waals surface area contributed by atoms with Gasteiger partial charge in [0.1, 0.15) is 5.76 Å². The Morgan fingerprint density at radius 1 is 1.39 bits per heavy atom. The highest BCUT2D eigenvalue weighted by Gasteiger charge is 2.27. The van der Waals surface area contributed by atoms with Crippen LogP contribution in [0.4, 0.5) is 5.82 Å². The maximum absolute atomic E-state index is 12.3. The number of ether oxygens (including phenoxy) is 1. The number of carbonyl (C=O) groups excluding carboxylic acids is 2. The minimum absolute atomic E-state index is 0.113. The number of anilines is 1. The molecule has 1 N–H and O–H groups in total. The van der Waals surface area contributed by atoms with Gasteiger partial charge in [-0.05, 0) is 25.2 Å². The second kappa shape index (κ2) is 8.13. The number of esters is 1. The molecule has 0 bridgehead atoms. The second-order valence-corrected chi connectivity index (χ2v) is 6.66. The monoisotopic (exact) mass is 322 g/mol. The number of aromatic nitrogens is 1. The summed E-state index contributed by atoms with van der Waals surface area (Å²) in [7, 11) is 0. The van der Waals surface area contributed by atoms with E-state index in [4.69, 9.17) is 9.26 Å². The Bertz CT molecular complexity index is 532. The molecule has 1 aromatic heterocycles. The van der Waals surface area contributed by atoms with E-state index in [1.54, 1.807) is 13.0 Å². The minimum atomic E-state index is -0.817. The van der Waals surface area contributed by atoms with Crippen LogP contribution in [-0.2, 0) is 14.3 Å². The average Bonchev–Trinajstić information content (AvgIpc) is 3.14. The molecule has 1 amide bonds. The lowest BCUT2D eigenvalue weighted by atomic mass is 10.0. The molecule has 1 heterocycles. The number of amides is 1. The van der Waals surface area contributed by atoms with Crippen LogP contribution >= 0.6 is 0 Å². The van der Waals surface area contributed by atoms with Gasteiger partial charge in [0, 0.05) is 12.5 Å². The Hall–Kier alpha value is -1.85. The van der Waals surface area contributed by atoms with Crippen LogP contribution in [0.3, 0.4) is 0 Å². The summed E-state index contributed by atoms with van der Waals surface area (Å²) in [5, 5.41) is 6.34. The van der Waals surface area contributed by atoms with Crippen LogP contribution < -0.4 is 5.32 Å². The van der Waals surface area contributed by atoms with E-state index < -0.39 is 6.10 Å². The van der Waals surface area contributed by atoms with Gasteiger partial charge in [-0.15, -0.1) is 0 Å². The van der Waals surface area contributed by atoms with Crippen molar-refractivity contribution in [3.05, 3.63) is 11.8 Å². The second-order valence-electron chi connectivity index (χ2n) is 6.66. The highest BCUT2D eigenvalue weighted by atomic mass is 16.5. The number of rotatable bonds is 7. The minimum Gasteiger partial charge on any atom is -0.452 e. The van der Waals surface area contributed by atoms with E-state index in [2.05, 4.69) is 10.5 Å². The summed E-state index contributed by atoms with van der Waals surface area (Å²) >= 11 is 0. The van der Waals surface area contributed by atoms with Crippen LogP contribution in [0.1, 0.15) is 58.1 Å². The highest BCUT2D eigenvalue weighted by Crippen LogP contribution is 2.28. The van der Waals surface area contributed by atoms with E-state index in [1.807, 2.05) is 13.8 Å². The Balaban J connectivity index is 1.84. The van der Waals surface area contributed by atoms with Crippen molar-refractivity contribution in [2.75, 3.05) is 5.32 Å². The SMILES string of the molecule is Cc1cc(NC(=O)C(OC(=O)CCC2CCCC2)C(C)C)no1. The zero-order chi connectivity index (χ0) is 16.8. The summed E-state index contributed by atoms with van der Waals surface area (Å²) in [6.45, 7) is 5.44. The molecule has 0 saturated heterocycles. The van der Waals surface area contributed by atoms with Gasteiger partial charge in [-0.25, -0.2) is 0 Å². The summed E-state index contributed by atoms with van der Waals surface area (Å²) in [5.41, 5.74) is 0. The van der Waals surface area contributed by atoms with Gasteiger partial charge in [-0.3, -0.25) is 9.59 Å². The van der Waals surface area contributed by atoms with E-state index >= 15 is 0 Å². The van der Waals surface area contributed by atoms with E-state index in [0.717, 1.165) is 6.42 Å². The van der Waals surface area contributed by atoms with Crippen LogP contribution in [0.2, 0.25) is 0 Å². The first kappa shape index (κ1) is 17.5. The standard InChI is InChI=1S/C17H26N2O4/c1-11(2)16(17(21)18-14-10-12(3)23-19-14)22-15(20)9-8-13-6-4-5-7-13/h10-11,13,16H,4-9H2,1-3H3,(H,18,19,21). The third-order valence-corrected chi connectivity index (χ3v) is 4.23. The predicted octanol–water partition coefficient (Wildman–Crippen LogP) is 3.46. The van der Waals surface area contributed by atoms with Gasteiger partial charge in [-0.2, -0.15) is 0 Å². The van der Waals surface area contributed by atoms with E-state index in [9.17, 15) is 9.59 Å². The van der Waals surface area contributed by atoms with Gasteiger partial charge in [0.25, 0.3) is 5.91 Å². The normalized spacial score (nSPS) is 16.5. The Morgan fingerprint density at radius 2 is 2.09 bits per heavy atom. The topological polar surface area (TPSA) is 81.4 Å². The molecule has 6 nitrogen and oxygen atoms in total. The fourth-order valence-electron chi connectivity index (χ4n) is 2.94. The lowest BCUT2D eigenvalue weighted by Crippen LogP contribution is -2.36. The fraction of sp³-hybridized carbons (Fsp3) is 0.706. The molecule has 6 heteroatoms. The van der Waals surface area contributed by atoms with Crippen molar-refractivity contribution in [1.82, 2.24) is 5.16 Å². The van der Waals surface area contributed by atoms with E-state index in [-0.39, 0.29) is 17.8 Å². The molecule has 1 aliphatic rings. The third kappa shape index (κ3) is 5.37. The molecule has 1 unspecified atom stereocenters. The first-order valence-corrected chi connectivity index (χ1v) is 8.39. The number of nitrogens with one attached hydrogen (secondary N) is 1. The zero-order valence-corrected chi connectivity index (χ0v) is 14.1. The van der Waals surface area contributed by atoms with Crippen LogP contribution in [0.5, 0.6) is 0 Å². The van der Waals surface area contributed by atoms with Crippen LogP contribution in [-0.4, -0.2) is 23.1 Å². The molecule has 1 atom stereocenters. The summed E-state index contributed by atoms with van der Waals surface area (Å²) in [5.74, 6) is 0.783. The molecule has 1 aliphatic carbocycles. The molecule has 128 valence electrons. The molecule has 0 spiro atoms. The maximum Gasteiger partial charge on any atom is 0.306 e. The Morgan fingerprint density at radius 3 is 2.65 bits per heavy atom. The molecule has 0 aliphatic heterocycles. The molecule has 0 aromatic carbocycles. The maximum atomic E-state index is 12.3. The van der Waals surface area contributed by atoms with Gasteiger partial charge < -0.3 is 14.6 Å². The van der Waals surface area contributed by atoms with Gasteiger partial charge >= 0.3 is 5.97 Å². The largest absolute Gasteiger partial charge is 0.452 e. The molecule has 1 aromatic rings. The van der Waals surface area contributed by atoms with Crippen LogP contribution in [0.15, 0.2) is 10.6 Å². The molecule has 0 radical (unpaired) electrons. The van der Waals surface area contributed by atoms with Crippen molar-refractivity contribution >= 4 is 17.7 Å². The van der Waals surface area contributed by atoms with Gasteiger partial charge in [0.2, 0.25) is 0 Å². The number of hydrogen-bond donors (Lipinski definition) is 1. The molecule has 2 rings (SSSR count). The number of carbonyl (C=O) groups is 2. The molecule has 1 fully saturated rings. The highest BCUT2D eigenvalue weighted by molar-refractivity contribution is 5.94. The first-order valence-electron chi connectivity index (χ1n) is 8.39. The molecule has 23 heavy (non-hydrogen) atoms. The first-order chi connectivity index (χ1) is 11.0. The van der Waals surface area contributed by atoms with E-state index in [0.29, 0.717) is 23.9 Å². The summed E-state index contributed by atoms with van der Waals surface area (Å²) < 4.78 is 10.3. The lowest BCUT2D eigenvalue weighted by Gasteiger charge is -2.20. The smallest absolute Gasteiger partial charge is 0.306 e. The van der Waals surface area contributed by atoms with Gasteiger partial charge in [-0.1, -0.05) is 44.7 Å². The van der Waals surface area contributed by atoms with Crippen molar-refractivity contribution in [3.8, 4) is 0 Å². The predicted molar refractivity (Wildman–Crippen MR) is 85.8 cm³/mol. The number of hydrogen-bond acceptors (Lipinski definition) is 5. The van der Waals surface area contributed by atoms with Crippen molar-refractivity contribution in [2.24, 2.45) is 11.8 Å². The van der Waals surface area contributed by atoms with Gasteiger partial charge in [0.15, 0.2) is 11.9 Å². The van der Waals surface area contributed by atoms with Crippen molar-refractivity contribution in [1.29, 1.82) is 0 Å². The van der Waals surface area contributed by atoms with Crippen LogP contribution in [0, 0.1) is 18.8 Å².